The molecule has 5 nitrogen and oxygen atoms in total. The van der Waals surface area contributed by atoms with Gasteiger partial charge in [-0.2, -0.15) is 0 Å². The molecule has 0 radical (unpaired) electrons. The van der Waals surface area contributed by atoms with Gasteiger partial charge in [0.1, 0.15) is 13.2 Å². The molecule has 0 N–H and O–H groups in total. The highest BCUT2D eigenvalue weighted by Gasteiger charge is 2.48. The first-order valence-electron chi connectivity index (χ1n) is 8.56. The summed E-state index contributed by atoms with van der Waals surface area (Å²) in [5, 5.41) is 0.610. The van der Waals surface area contributed by atoms with E-state index in [9.17, 15) is 9.59 Å². The molecule has 3 aliphatic heterocycles. The molecule has 0 fully saturated rings. The molecule has 0 unspecified atom stereocenters. The van der Waals surface area contributed by atoms with E-state index in [1.165, 1.54) is 0 Å². The predicted octanol–water partition coefficient (Wildman–Crippen LogP) is 3.57. The smallest absolute Gasteiger partial charge is 0.337 e. The van der Waals surface area contributed by atoms with E-state index in [0.717, 1.165) is 22.6 Å². The van der Waals surface area contributed by atoms with Crippen LogP contribution < -0.4 is 4.90 Å². The van der Waals surface area contributed by atoms with Gasteiger partial charge >= 0.3 is 11.9 Å². The van der Waals surface area contributed by atoms with E-state index in [1.807, 2.05) is 47.4 Å². The molecule has 0 amide bonds. The highest BCUT2D eigenvalue weighted by Crippen LogP contribution is 2.48. The molecule has 0 spiro atoms. The van der Waals surface area contributed by atoms with Crippen molar-refractivity contribution in [2.45, 2.75) is 5.92 Å². The van der Waals surface area contributed by atoms with Crippen molar-refractivity contribution in [1.29, 1.82) is 0 Å². The molecule has 0 bridgehead atoms. The normalized spacial score (nSPS) is 19.2. The largest absolute Gasteiger partial charge is 0.456 e. The molecule has 5 rings (SSSR count). The number of cyclic esters (lactones) is 2. The maximum Gasteiger partial charge on any atom is 0.337 e. The number of benzene rings is 2. The number of carbonyl (C=O) groups excluding carboxylic acids is 2. The van der Waals surface area contributed by atoms with E-state index >= 15 is 0 Å². The average Bonchev–Trinajstić information content (AvgIpc) is 3.26. The average molecular weight is 380 g/mol. The number of anilines is 1. The zero-order valence-electron chi connectivity index (χ0n) is 14.1. The zero-order valence-corrected chi connectivity index (χ0v) is 14.9. The molecule has 134 valence electrons. The van der Waals surface area contributed by atoms with Crippen LogP contribution in [0.4, 0.5) is 5.69 Å². The summed E-state index contributed by atoms with van der Waals surface area (Å²) in [7, 11) is 0. The van der Waals surface area contributed by atoms with Crippen molar-refractivity contribution >= 4 is 29.2 Å². The Kier molecular flexibility index (Phi) is 3.58. The summed E-state index contributed by atoms with van der Waals surface area (Å²) < 4.78 is 10.7. The summed E-state index contributed by atoms with van der Waals surface area (Å²) in [5.74, 6) is -1.28. The SMILES string of the molecule is O=C1OCC2=C1C(c1ccccc1)C1=C(COC1=O)N2c1ccc(Cl)cc1. The molecular formula is C21H14ClNO4. The zero-order chi connectivity index (χ0) is 18.5. The Bertz CT molecular complexity index is 982. The first-order chi connectivity index (χ1) is 13.1. The Morgan fingerprint density at radius 3 is 1.93 bits per heavy atom. The lowest BCUT2D eigenvalue weighted by Gasteiger charge is -2.33. The van der Waals surface area contributed by atoms with Gasteiger partial charge in [0.25, 0.3) is 0 Å². The van der Waals surface area contributed by atoms with Crippen LogP contribution in [0.25, 0.3) is 0 Å². The predicted molar refractivity (Wildman–Crippen MR) is 99.1 cm³/mol. The fourth-order valence-electron chi connectivity index (χ4n) is 3.94. The van der Waals surface area contributed by atoms with E-state index in [2.05, 4.69) is 0 Å². The Morgan fingerprint density at radius 2 is 1.37 bits per heavy atom. The number of halogens is 1. The van der Waals surface area contributed by atoms with Crippen LogP contribution in [0.15, 0.2) is 77.1 Å². The van der Waals surface area contributed by atoms with Gasteiger partial charge in [-0.05, 0) is 29.8 Å². The quantitative estimate of drug-likeness (QED) is 0.747. The van der Waals surface area contributed by atoms with Crippen molar-refractivity contribution < 1.29 is 19.1 Å². The van der Waals surface area contributed by atoms with Crippen molar-refractivity contribution in [2.24, 2.45) is 0 Å². The number of esters is 2. The minimum absolute atomic E-state index is 0.158. The summed E-state index contributed by atoms with van der Waals surface area (Å²) >= 11 is 6.02. The van der Waals surface area contributed by atoms with Crippen LogP contribution in [-0.4, -0.2) is 25.2 Å². The number of carbonyl (C=O) groups is 2. The van der Waals surface area contributed by atoms with E-state index < -0.39 is 17.9 Å². The topological polar surface area (TPSA) is 55.8 Å². The van der Waals surface area contributed by atoms with Gasteiger partial charge in [-0.1, -0.05) is 41.9 Å². The second-order valence-electron chi connectivity index (χ2n) is 6.53. The lowest BCUT2D eigenvalue weighted by Crippen LogP contribution is -2.32. The second-order valence-corrected chi connectivity index (χ2v) is 6.96. The van der Waals surface area contributed by atoms with Crippen molar-refractivity contribution in [1.82, 2.24) is 0 Å². The van der Waals surface area contributed by atoms with Crippen molar-refractivity contribution in [3.8, 4) is 0 Å². The van der Waals surface area contributed by atoms with E-state index in [0.29, 0.717) is 16.2 Å². The molecule has 0 aliphatic carbocycles. The van der Waals surface area contributed by atoms with E-state index in [1.54, 1.807) is 12.1 Å². The molecule has 0 saturated carbocycles. The van der Waals surface area contributed by atoms with Crippen molar-refractivity contribution in [3.63, 3.8) is 0 Å². The monoisotopic (exact) mass is 379 g/mol. The Hall–Kier alpha value is -3.05. The molecule has 2 aromatic carbocycles. The molecule has 2 aromatic rings. The van der Waals surface area contributed by atoms with E-state index in [4.69, 9.17) is 21.1 Å². The summed E-state index contributed by atoms with van der Waals surface area (Å²) in [6.07, 6.45) is 0. The van der Waals surface area contributed by atoms with Crippen LogP contribution in [0.2, 0.25) is 5.02 Å². The van der Waals surface area contributed by atoms with Crippen LogP contribution in [0.5, 0.6) is 0 Å². The summed E-state index contributed by atoms with van der Waals surface area (Å²) in [4.78, 5) is 27.1. The van der Waals surface area contributed by atoms with Gasteiger partial charge in [-0.25, -0.2) is 9.59 Å². The third-order valence-corrected chi connectivity index (χ3v) is 5.33. The molecule has 6 heteroatoms. The van der Waals surface area contributed by atoms with Gasteiger partial charge < -0.3 is 14.4 Å². The summed E-state index contributed by atoms with van der Waals surface area (Å²) in [5.41, 5.74) is 4.15. The highest BCUT2D eigenvalue weighted by atomic mass is 35.5. The van der Waals surface area contributed by atoms with Gasteiger partial charge in [0, 0.05) is 10.7 Å². The lowest BCUT2D eigenvalue weighted by atomic mass is 9.80. The number of nitrogens with zero attached hydrogens (tertiary/aromatic N) is 1. The second kappa shape index (κ2) is 5.99. The van der Waals surface area contributed by atoms with E-state index in [-0.39, 0.29) is 13.2 Å². The van der Waals surface area contributed by atoms with Crippen LogP contribution in [0.3, 0.4) is 0 Å². The van der Waals surface area contributed by atoms with Crippen molar-refractivity contribution in [2.75, 3.05) is 18.1 Å². The van der Waals surface area contributed by atoms with Crippen LogP contribution in [-0.2, 0) is 19.1 Å². The molecule has 0 aromatic heterocycles. The number of rotatable bonds is 2. The first-order valence-corrected chi connectivity index (χ1v) is 8.94. The van der Waals surface area contributed by atoms with Gasteiger partial charge in [0.15, 0.2) is 0 Å². The fourth-order valence-corrected chi connectivity index (χ4v) is 4.07. The fraction of sp³-hybridized carbons (Fsp3) is 0.143. The minimum atomic E-state index is -0.482. The van der Waals surface area contributed by atoms with Crippen LogP contribution in [0.1, 0.15) is 11.5 Å². The Morgan fingerprint density at radius 1 is 0.815 bits per heavy atom. The first kappa shape index (κ1) is 16.1. The molecule has 3 heterocycles. The van der Waals surface area contributed by atoms with Gasteiger partial charge in [-0.3, -0.25) is 0 Å². The molecular weight excluding hydrogens is 366 g/mol. The maximum atomic E-state index is 12.6. The summed E-state index contributed by atoms with van der Waals surface area (Å²) in [6, 6.07) is 16.8. The lowest BCUT2D eigenvalue weighted by molar-refractivity contribution is -0.136. The molecule has 0 saturated heterocycles. The third kappa shape index (κ3) is 2.39. The third-order valence-electron chi connectivity index (χ3n) is 5.08. The van der Waals surface area contributed by atoms with Gasteiger partial charge in [0.05, 0.1) is 28.5 Å². The molecule has 27 heavy (non-hydrogen) atoms. The van der Waals surface area contributed by atoms with Crippen molar-refractivity contribution in [3.05, 3.63) is 87.7 Å². The van der Waals surface area contributed by atoms with Crippen LogP contribution in [0, 0.1) is 0 Å². The molecule has 3 aliphatic rings. The Balaban J connectivity index is 1.75. The minimum Gasteiger partial charge on any atom is -0.456 e. The highest BCUT2D eigenvalue weighted by molar-refractivity contribution is 6.30. The maximum absolute atomic E-state index is 12.6. The van der Waals surface area contributed by atoms with Gasteiger partial charge in [-0.15, -0.1) is 0 Å². The number of hydrogen-bond acceptors (Lipinski definition) is 5. The Labute approximate surface area is 160 Å². The summed E-state index contributed by atoms with van der Waals surface area (Å²) in [6.45, 7) is 0.316. The van der Waals surface area contributed by atoms with Gasteiger partial charge in [0.2, 0.25) is 0 Å². The molecule has 0 atom stereocenters. The standard InChI is InChI=1S/C21H14ClNO4/c22-13-6-8-14(9-7-13)23-15-10-26-20(24)18(15)17(12-4-2-1-3-5-12)19-16(23)11-27-21(19)25/h1-9,17H,10-11H2. The number of hydrogen-bond donors (Lipinski definition) is 0. The number of ether oxygens (including phenoxy) is 2. The van der Waals surface area contributed by atoms with Crippen LogP contribution >= 0.6 is 11.6 Å².